The van der Waals surface area contributed by atoms with E-state index in [2.05, 4.69) is 39.8 Å². The molecule has 0 spiro atoms. The summed E-state index contributed by atoms with van der Waals surface area (Å²) in [7, 11) is 1.74. The topological polar surface area (TPSA) is 35.2 Å². The van der Waals surface area contributed by atoms with Crippen LogP contribution >= 0.6 is 0 Å². The van der Waals surface area contributed by atoms with E-state index < -0.39 is 0 Å². The molecular weight excluding hydrogens is 210 g/mol. The average molecular weight is 235 g/mol. The van der Waals surface area contributed by atoms with Crippen molar-refractivity contribution in [2.45, 2.75) is 46.6 Å². The van der Waals surface area contributed by atoms with Gasteiger partial charge in [0.15, 0.2) is 0 Å². The summed E-state index contributed by atoms with van der Waals surface area (Å²) in [5.41, 5.74) is 9.87. The number of methoxy groups -OCH3 is 1. The minimum atomic E-state index is 0.265. The van der Waals surface area contributed by atoms with Gasteiger partial charge in [0, 0.05) is 6.04 Å². The van der Waals surface area contributed by atoms with E-state index in [1.807, 2.05) is 0 Å². The van der Waals surface area contributed by atoms with Gasteiger partial charge >= 0.3 is 0 Å². The Morgan fingerprint density at radius 2 is 1.88 bits per heavy atom. The number of benzene rings is 1. The summed E-state index contributed by atoms with van der Waals surface area (Å²) in [5.74, 6) is 1.56. The molecule has 2 N–H and O–H groups in total. The molecule has 1 atom stereocenters. The molecule has 1 unspecified atom stereocenters. The second-order valence-electron chi connectivity index (χ2n) is 5.15. The highest BCUT2D eigenvalue weighted by Crippen LogP contribution is 2.27. The van der Waals surface area contributed by atoms with Crippen molar-refractivity contribution in [3.8, 4) is 5.75 Å². The molecule has 0 aliphatic carbocycles. The normalized spacial score (nSPS) is 12.9. The van der Waals surface area contributed by atoms with E-state index in [9.17, 15) is 0 Å². The predicted octanol–water partition coefficient (Wildman–Crippen LogP) is 3.23. The molecule has 0 fully saturated rings. The molecule has 0 radical (unpaired) electrons. The summed E-state index contributed by atoms with van der Waals surface area (Å²) in [5, 5.41) is 0. The summed E-state index contributed by atoms with van der Waals surface area (Å²) in [4.78, 5) is 0. The van der Waals surface area contributed by atoms with E-state index in [1.165, 1.54) is 16.7 Å². The number of rotatable bonds is 5. The highest BCUT2D eigenvalue weighted by atomic mass is 16.5. The second-order valence-corrected chi connectivity index (χ2v) is 5.15. The van der Waals surface area contributed by atoms with Crippen molar-refractivity contribution in [2.24, 2.45) is 11.7 Å². The van der Waals surface area contributed by atoms with E-state index in [1.54, 1.807) is 7.11 Å². The molecule has 0 bridgehead atoms. The van der Waals surface area contributed by atoms with Crippen molar-refractivity contribution in [2.75, 3.05) is 7.11 Å². The maximum Gasteiger partial charge on any atom is 0.125 e. The van der Waals surface area contributed by atoms with Gasteiger partial charge in [0.2, 0.25) is 0 Å². The Morgan fingerprint density at radius 3 is 2.41 bits per heavy atom. The lowest BCUT2D eigenvalue weighted by atomic mass is 9.95. The third-order valence-corrected chi connectivity index (χ3v) is 3.57. The monoisotopic (exact) mass is 235 g/mol. The Bertz CT molecular complexity index is 371. The van der Waals surface area contributed by atoms with E-state index in [0.717, 1.165) is 18.6 Å². The molecule has 1 aromatic carbocycles. The summed E-state index contributed by atoms with van der Waals surface area (Å²) < 4.78 is 5.51. The minimum Gasteiger partial charge on any atom is -0.496 e. The second kappa shape index (κ2) is 6.06. The number of hydrogen-bond donors (Lipinski definition) is 1. The Balaban J connectivity index is 2.81. The van der Waals surface area contributed by atoms with E-state index >= 15 is 0 Å². The van der Waals surface area contributed by atoms with Crippen molar-refractivity contribution in [3.05, 3.63) is 28.8 Å². The standard InChI is InChI=1S/C15H25NO/c1-10(2)14(16)9-8-13-7-6-11(3)12(4)15(13)17-5/h6-7,10,14H,8-9,16H2,1-5H3. The van der Waals surface area contributed by atoms with Gasteiger partial charge in [-0.25, -0.2) is 0 Å². The van der Waals surface area contributed by atoms with Crippen LogP contribution in [0.5, 0.6) is 5.75 Å². The summed E-state index contributed by atoms with van der Waals surface area (Å²) >= 11 is 0. The van der Waals surface area contributed by atoms with Crippen LogP contribution in [0.2, 0.25) is 0 Å². The first-order chi connectivity index (χ1) is 7.97. The largest absolute Gasteiger partial charge is 0.496 e. The van der Waals surface area contributed by atoms with Crippen LogP contribution in [-0.4, -0.2) is 13.2 Å². The zero-order valence-corrected chi connectivity index (χ0v) is 11.7. The van der Waals surface area contributed by atoms with E-state index in [0.29, 0.717) is 5.92 Å². The number of ether oxygens (including phenoxy) is 1. The molecule has 0 heterocycles. The molecule has 1 rings (SSSR count). The van der Waals surface area contributed by atoms with Crippen molar-refractivity contribution < 1.29 is 4.74 Å². The fraction of sp³-hybridized carbons (Fsp3) is 0.600. The van der Waals surface area contributed by atoms with Crippen LogP contribution in [0.3, 0.4) is 0 Å². The van der Waals surface area contributed by atoms with Crippen molar-refractivity contribution in [3.63, 3.8) is 0 Å². The average Bonchev–Trinajstić information content (AvgIpc) is 2.30. The van der Waals surface area contributed by atoms with Gasteiger partial charge in [0.1, 0.15) is 5.75 Å². The van der Waals surface area contributed by atoms with Gasteiger partial charge in [-0.15, -0.1) is 0 Å². The van der Waals surface area contributed by atoms with Gasteiger partial charge in [0.25, 0.3) is 0 Å². The number of nitrogens with two attached hydrogens (primary N) is 1. The summed E-state index contributed by atoms with van der Waals surface area (Å²) in [6.45, 7) is 8.56. The minimum absolute atomic E-state index is 0.265. The molecular formula is C15H25NO. The molecule has 0 aliphatic rings. The Kier molecular flexibility index (Phi) is 5.01. The van der Waals surface area contributed by atoms with Gasteiger partial charge in [-0.3, -0.25) is 0 Å². The Labute approximate surface area is 105 Å². The predicted molar refractivity (Wildman–Crippen MR) is 73.6 cm³/mol. The molecule has 0 saturated heterocycles. The maximum absolute atomic E-state index is 6.08. The van der Waals surface area contributed by atoms with Crippen LogP contribution in [0.15, 0.2) is 12.1 Å². The van der Waals surface area contributed by atoms with E-state index in [4.69, 9.17) is 10.5 Å². The molecule has 2 heteroatoms. The highest BCUT2D eigenvalue weighted by molar-refractivity contribution is 5.45. The molecule has 0 aromatic heterocycles. The quantitative estimate of drug-likeness (QED) is 0.850. The Hall–Kier alpha value is -1.02. The van der Waals surface area contributed by atoms with Gasteiger partial charge in [-0.05, 0) is 49.3 Å². The van der Waals surface area contributed by atoms with Crippen LogP contribution in [0.25, 0.3) is 0 Å². The maximum atomic E-state index is 6.08. The highest BCUT2D eigenvalue weighted by Gasteiger charge is 2.12. The van der Waals surface area contributed by atoms with Gasteiger partial charge < -0.3 is 10.5 Å². The Morgan fingerprint density at radius 1 is 1.24 bits per heavy atom. The van der Waals surface area contributed by atoms with Crippen molar-refractivity contribution >= 4 is 0 Å². The summed E-state index contributed by atoms with van der Waals surface area (Å²) in [6.07, 6.45) is 2.00. The molecule has 2 nitrogen and oxygen atoms in total. The van der Waals surface area contributed by atoms with Gasteiger partial charge in [-0.2, -0.15) is 0 Å². The van der Waals surface area contributed by atoms with Crippen LogP contribution in [0, 0.1) is 19.8 Å². The lowest BCUT2D eigenvalue weighted by Crippen LogP contribution is -2.26. The fourth-order valence-electron chi connectivity index (χ4n) is 1.98. The number of aryl methyl sites for hydroxylation is 2. The molecule has 0 aliphatic heterocycles. The van der Waals surface area contributed by atoms with Crippen molar-refractivity contribution in [1.82, 2.24) is 0 Å². The lowest BCUT2D eigenvalue weighted by Gasteiger charge is -2.18. The molecule has 17 heavy (non-hydrogen) atoms. The third-order valence-electron chi connectivity index (χ3n) is 3.57. The zero-order chi connectivity index (χ0) is 13.0. The first-order valence-corrected chi connectivity index (χ1v) is 6.36. The fourth-order valence-corrected chi connectivity index (χ4v) is 1.98. The lowest BCUT2D eigenvalue weighted by molar-refractivity contribution is 0.401. The third kappa shape index (κ3) is 3.47. The van der Waals surface area contributed by atoms with Gasteiger partial charge in [0.05, 0.1) is 7.11 Å². The van der Waals surface area contributed by atoms with E-state index in [-0.39, 0.29) is 6.04 Å². The number of hydrogen-bond acceptors (Lipinski definition) is 2. The molecule has 1 aromatic rings. The molecule has 96 valence electrons. The zero-order valence-electron chi connectivity index (χ0n) is 11.7. The van der Waals surface area contributed by atoms with Crippen LogP contribution in [0.1, 0.15) is 37.0 Å². The summed E-state index contributed by atoms with van der Waals surface area (Å²) in [6, 6.07) is 4.59. The van der Waals surface area contributed by atoms with Crippen LogP contribution in [-0.2, 0) is 6.42 Å². The first-order valence-electron chi connectivity index (χ1n) is 6.36. The molecule has 0 amide bonds. The first kappa shape index (κ1) is 14.0. The van der Waals surface area contributed by atoms with Crippen LogP contribution < -0.4 is 10.5 Å². The van der Waals surface area contributed by atoms with Crippen molar-refractivity contribution in [1.29, 1.82) is 0 Å². The molecule has 0 saturated carbocycles. The SMILES string of the molecule is COc1c(CCC(N)C(C)C)ccc(C)c1C. The smallest absolute Gasteiger partial charge is 0.125 e. The van der Waals surface area contributed by atoms with Crippen LogP contribution in [0.4, 0.5) is 0 Å². The van der Waals surface area contributed by atoms with Gasteiger partial charge in [-0.1, -0.05) is 26.0 Å².